The predicted octanol–water partition coefficient (Wildman–Crippen LogP) is 3.84. The van der Waals surface area contributed by atoms with Gasteiger partial charge in [0.2, 0.25) is 5.91 Å². The van der Waals surface area contributed by atoms with Crippen molar-refractivity contribution in [1.29, 1.82) is 0 Å². The second-order valence-electron chi connectivity index (χ2n) is 6.85. The Kier molecular flexibility index (Phi) is 5.98. The molecule has 0 saturated carbocycles. The van der Waals surface area contributed by atoms with E-state index >= 15 is 0 Å². The Morgan fingerprint density at radius 3 is 2.38 bits per heavy atom. The average Bonchev–Trinajstić information content (AvgIpc) is 2.70. The maximum atomic E-state index is 13.4. The van der Waals surface area contributed by atoms with Gasteiger partial charge in [-0.05, 0) is 62.2 Å². The lowest BCUT2D eigenvalue weighted by Crippen LogP contribution is -2.38. The molecule has 0 bridgehead atoms. The Morgan fingerprint density at radius 2 is 1.72 bits per heavy atom. The summed E-state index contributed by atoms with van der Waals surface area (Å²) in [5, 5.41) is 2.72. The number of hydrogen-bond donors (Lipinski definition) is 1. The van der Waals surface area contributed by atoms with Crippen molar-refractivity contribution in [2.75, 3.05) is 16.2 Å². The number of aromatic nitrogens is 1. The van der Waals surface area contributed by atoms with Crippen LogP contribution in [0, 0.1) is 20.8 Å². The van der Waals surface area contributed by atoms with Crippen molar-refractivity contribution in [3.63, 3.8) is 0 Å². The standard InChI is InChI=1S/C22H23N3O3S/c1-16-9-10-17(2)21(13-16)25(29(27,28)20-7-5-4-6-8-20)15-22(26)24-19-12-11-18(3)23-14-19/h4-14H,15H2,1-3H3,(H,24,26). The maximum Gasteiger partial charge on any atom is 0.264 e. The topological polar surface area (TPSA) is 79.4 Å². The number of hydrogen-bond acceptors (Lipinski definition) is 4. The molecule has 1 amide bonds. The fourth-order valence-electron chi connectivity index (χ4n) is 2.88. The molecule has 6 nitrogen and oxygen atoms in total. The summed E-state index contributed by atoms with van der Waals surface area (Å²) < 4.78 is 27.9. The van der Waals surface area contributed by atoms with Gasteiger partial charge in [-0.1, -0.05) is 30.3 Å². The van der Waals surface area contributed by atoms with E-state index in [1.807, 2.05) is 32.9 Å². The normalized spacial score (nSPS) is 11.1. The van der Waals surface area contributed by atoms with Crippen molar-refractivity contribution >= 4 is 27.3 Å². The molecular weight excluding hydrogens is 386 g/mol. The Morgan fingerprint density at radius 1 is 1.00 bits per heavy atom. The first-order chi connectivity index (χ1) is 13.8. The van der Waals surface area contributed by atoms with E-state index in [0.717, 1.165) is 21.1 Å². The van der Waals surface area contributed by atoms with Gasteiger partial charge in [0.1, 0.15) is 6.54 Å². The molecule has 0 radical (unpaired) electrons. The van der Waals surface area contributed by atoms with Crippen molar-refractivity contribution in [1.82, 2.24) is 4.98 Å². The molecule has 7 heteroatoms. The van der Waals surface area contributed by atoms with E-state index in [4.69, 9.17) is 0 Å². The van der Waals surface area contributed by atoms with E-state index < -0.39 is 15.9 Å². The molecule has 3 aromatic rings. The van der Waals surface area contributed by atoms with Crippen molar-refractivity contribution < 1.29 is 13.2 Å². The number of carbonyl (C=O) groups excluding carboxylic acids is 1. The lowest BCUT2D eigenvalue weighted by molar-refractivity contribution is -0.114. The number of anilines is 2. The highest BCUT2D eigenvalue weighted by atomic mass is 32.2. The zero-order chi connectivity index (χ0) is 21.0. The van der Waals surface area contributed by atoms with Gasteiger partial charge < -0.3 is 5.32 Å². The van der Waals surface area contributed by atoms with Crippen molar-refractivity contribution in [3.05, 3.63) is 83.7 Å². The predicted molar refractivity (Wildman–Crippen MR) is 114 cm³/mol. The average molecular weight is 410 g/mol. The fourth-order valence-corrected chi connectivity index (χ4v) is 4.38. The SMILES string of the molecule is Cc1ccc(C)c(N(CC(=O)Nc2ccc(C)nc2)S(=O)(=O)c2ccccc2)c1. The van der Waals surface area contributed by atoms with Crippen LogP contribution in [0.1, 0.15) is 16.8 Å². The summed E-state index contributed by atoms with van der Waals surface area (Å²) in [6, 6.07) is 17.1. The van der Waals surface area contributed by atoms with E-state index in [-0.39, 0.29) is 11.4 Å². The molecule has 3 rings (SSSR count). The molecule has 150 valence electrons. The highest BCUT2D eigenvalue weighted by Gasteiger charge is 2.28. The zero-order valence-electron chi connectivity index (χ0n) is 16.6. The molecule has 29 heavy (non-hydrogen) atoms. The first kappa shape index (κ1) is 20.5. The van der Waals surface area contributed by atoms with Gasteiger partial charge in [-0.3, -0.25) is 14.1 Å². The van der Waals surface area contributed by atoms with Crippen LogP contribution in [0.4, 0.5) is 11.4 Å². The number of carbonyl (C=O) groups is 1. The van der Waals surface area contributed by atoms with Gasteiger partial charge >= 0.3 is 0 Å². The van der Waals surface area contributed by atoms with Crippen LogP contribution < -0.4 is 9.62 Å². The second-order valence-corrected chi connectivity index (χ2v) is 8.71. The molecule has 0 aliphatic rings. The molecule has 0 aliphatic carbocycles. The van der Waals surface area contributed by atoms with Gasteiger partial charge in [0, 0.05) is 5.69 Å². The molecule has 0 aliphatic heterocycles. The highest BCUT2D eigenvalue weighted by Crippen LogP contribution is 2.28. The van der Waals surface area contributed by atoms with Crippen LogP contribution in [0.2, 0.25) is 0 Å². The summed E-state index contributed by atoms with van der Waals surface area (Å²) in [6.07, 6.45) is 1.54. The number of nitrogens with one attached hydrogen (secondary N) is 1. The van der Waals surface area contributed by atoms with Crippen LogP contribution in [-0.4, -0.2) is 25.9 Å². The van der Waals surface area contributed by atoms with Gasteiger partial charge in [-0.15, -0.1) is 0 Å². The Hall–Kier alpha value is -3.19. The molecule has 1 N–H and O–H groups in total. The number of aryl methyl sites for hydroxylation is 3. The monoisotopic (exact) mass is 409 g/mol. The fraction of sp³-hybridized carbons (Fsp3) is 0.182. The third-order valence-corrected chi connectivity index (χ3v) is 6.22. The Balaban J connectivity index is 1.98. The molecule has 1 aromatic heterocycles. The molecule has 0 unspecified atom stereocenters. The van der Waals surface area contributed by atoms with Crippen molar-refractivity contribution in [2.24, 2.45) is 0 Å². The maximum absolute atomic E-state index is 13.4. The Bertz CT molecular complexity index is 1110. The minimum atomic E-state index is -3.93. The van der Waals surface area contributed by atoms with Crippen LogP contribution in [0.3, 0.4) is 0 Å². The van der Waals surface area contributed by atoms with Crippen LogP contribution >= 0.6 is 0 Å². The first-order valence-corrected chi connectivity index (χ1v) is 10.6. The summed E-state index contributed by atoms with van der Waals surface area (Å²) in [6.45, 7) is 5.20. The van der Waals surface area contributed by atoms with E-state index in [0.29, 0.717) is 11.4 Å². The van der Waals surface area contributed by atoms with Gasteiger partial charge in [-0.2, -0.15) is 0 Å². The molecule has 1 heterocycles. The third kappa shape index (κ3) is 4.81. The molecule has 0 spiro atoms. The van der Waals surface area contributed by atoms with Crippen molar-refractivity contribution in [2.45, 2.75) is 25.7 Å². The lowest BCUT2D eigenvalue weighted by Gasteiger charge is -2.26. The summed E-state index contributed by atoms with van der Waals surface area (Å²) in [4.78, 5) is 17.0. The molecule has 2 aromatic carbocycles. The van der Waals surface area contributed by atoms with Crippen LogP contribution in [-0.2, 0) is 14.8 Å². The Labute approximate surface area is 171 Å². The van der Waals surface area contributed by atoms with Gasteiger partial charge in [0.15, 0.2) is 0 Å². The smallest absolute Gasteiger partial charge is 0.264 e. The highest BCUT2D eigenvalue weighted by molar-refractivity contribution is 7.92. The third-order valence-electron chi connectivity index (χ3n) is 4.45. The summed E-state index contributed by atoms with van der Waals surface area (Å²) >= 11 is 0. The molecule has 0 saturated heterocycles. The summed E-state index contributed by atoms with van der Waals surface area (Å²) in [5.41, 5.74) is 3.48. The molecular formula is C22H23N3O3S. The zero-order valence-corrected chi connectivity index (χ0v) is 17.4. The van der Waals surface area contributed by atoms with E-state index in [1.54, 1.807) is 42.6 Å². The largest absolute Gasteiger partial charge is 0.323 e. The van der Waals surface area contributed by atoms with Crippen LogP contribution in [0.25, 0.3) is 0 Å². The first-order valence-electron chi connectivity index (χ1n) is 9.15. The second kappa shape index (κ2) is 8.45. The van der Waals surface area contributed by atoms with Crippen LogP contribution in [0.5, 0.6) is 0 Å². The van der Waals surface area contributed by atoms with E-state index in [9.17, 15) is 13.2 Å². The number of sulfonamides is 1. The minimum absolute atomic E-state index is 0.130. The van der Waals surface area contributed by atoms with Crippen molar-refractivity contribution in [3.8, 4) is 0 Å². The van der Waals surface area contributed by atoms with E-state index in [1.165, 1.54) is 12.1 Å². The van der Waals surface area contributed by atoms with Gasteiger partial charge in [0.25, 0.3) is 10.0 Å². The van der Waals surface area contributed by atoms with E-state index in [2.05, 4.69) is 10.3 Å². The quantitative estimate of drug-likeness (QED) is 0.671. The van der Waals surface area contributed by atoms with Crippen LogP contribution in [0.15, 0.2) is 71.8 Å². The minimum Gasteiger partial charge on any atom is -0.323 e. The lowest BCUT2D eigenvalue weighted by atomic mass is 10.1. The number of amides is 1. The molecule has 0 atom stereocenters. The number of benzene rings is 2. The summed E-state index contributed by atoms with van der Waals surface area (Å²) in [7, 11) is -3.93. The van der Waals surface area contributed by atoms with Gasteiger partial charge in [0.05, 0.1) is 22.5 Å². The number of rotatable bonds is 6. The summed E-state index contributed by atoms with van der Waals surface area (Å²) in [5.74, 6) is -0.448. The molecule has 0 fully saturated rings. The van der Waals surface area contributed by atoms with Gasteiger partial charge in [-0.25, -0.2) is 8.42 Å². The number of nitrogens with zero attached hydrogens (tertiary/aromatic N) is 2. The number of pyridine rings is 1.